The summed E-state index contributed by atoms with van der Waals surface area (Å²) in [7, 11) is -3.65. The van der Waals surface area contributed by atoms with Crippen molar-refractivity contribution in [1.29, 1.82) is 5.26 Å². The maximum Gasteiger partial charge on any atom is 0.236 e. The van der Waals surface area contributed by atoms with Crippen LogP contribution in [0, 0.1) is 11.3 Å². The van der Waals surface area contributed by atoms with Crippen LogP contribution in [0.25, 0.3) is 21.8 Å². The molecule has 0 fully saturated rings. The first-order valence-electron chi connectivity index (χ1n) is 10.9. The second-order valence-electron chi connectivity index (χ2n) is 8.20. The monoisotopic (exact) mass is 480 g/mol. The Morgan fingerprint density at radius 1 is 0.943 bits per heavy atom. The van der Waals surface area contributed by atoms with Gasteiger partial charge in [-0.3, -0.25) is 9.52 Å². The van der Waals surface area contributed by atoms with Crippen LogP contribution in [0.2, 0.25) is 0 Å². The quantitative estimate of drug-likeness (QED) is 0.335. The van der Waals surface area contributed by atoms with Crippen LogP contribution in [-0.2, 0) is 22.3 Å². The number of aromatic nitrogens is 2. The molecule has 0 aliphatic heterocycles. The van der Waals surface area contributed by atoms with E-state index in [1.165, 1.54) is 0 Å². The van der Waals surface area contributed by atoms with Crippen LogP contribution < -0.4 is 4.72 Å². The summed E-state index contributed by atoms with van der Waals surface area (Å²) < 4.78 is 30.2. The number of nitrogens with zero attached hydrogens (tertiary/aromatic N) is 3. The molecule has 0 aliphatic carbocycles. The Labute approximate surface area is 202 Å². The highest BCUT2D eigenvalue weighted by atomic mass is 32.2. The third kappa shape index (κ3) is 4.63. The molecule has 1 N–H and O–H groups in total. The van der Waals surface area contributed by atoms with E-state index in [4.69, 9.17) is 0 Å². The Morgan fingerprint density at radius 2 is 1.71 bits per heavy atom. The number of benzene rings is 3. The SMILES string of the molecule is N#Cc1ccc2cc(C=O)n(Cc3cc(NS(=O)(=O)Cc4ccccc4)cc4ccccc34)c2n1. The van der Waals surface area contributed by atoms with Gasteiger partial charge in [-0.25, -0.2) is 13.4 Å². The number of nitrogens with one attached hydrogen (secondary N) is 1. The number of rotatable bonds is 7. The first kappa shape index (κ1) is 22.3. The second kappa shape index (κ2) is 9.05. The Hall–Kier alpha value is -4.48. The van der Waals surface area contributed by atoms with Crippen LogP contribution in [-0.4, -0.2) is 24.3 Å². The van der Waals surface area contributed by atoms with E-state index in [1.54, 1.807) is 59.2 Å². The van der Waals surface area contributed by atoms with Crippen molar-refractivity contribution < 1.29 is 13.2 Å². The number of hydrogen-bond donors (Lipinski definition) is 1. The number of sulfonamides is 1. The number of aldehydes is 1. The minimum Gasteiger partial charge on any atom is -0.319 e. The second-order valence-corrected chi connectivity index (χ2v) is 9.92. The average molecular weight is 481 g/mol. The van der Waals surface area contributed by atoms with Crippen LogP contribution >= 0.6 is 0 Å². The number of hydrogen-bond acceptors (Lipinski definition) is 5. The van der Waals surface area contributed by atoms with Gasteiger partial charge in [0.15, 0.2) is 6.29 Å². The van der Waals surface area contributed by atoms with Crippen LogP contribution in [0.5, 0.6) is 0 Å². The van der Waals surface area contributed by atoms with Crippen molar-refractivity contribution in [3.05, 3.63) is 107 Å². The standard InChI is InChI=1S/C27H20N4O3S/c28-15-23-11-10-21-14-25(17-32)31(27(21)29-23)16-22-13-24(12-20-8-4-5-9-26(20)22)30-35(33,34)18-19-6-2-1-3-7-19/h1-14,17,30H,16,18H2. The summed E-state index contributed by atoms with van der Waals surface area (Å²) in [4.78, 5) is 16.2. The lowest BCUT2D eigenvalue weighted by Crippen LogP contribution is -2.15. The third-order valence-electron chi connectivity index (χ3n) is 5.76. The van der Waals surface area contributed by atoms with Gasteiger partial charge in [0, 0.05) is 11.1 Å². The fraction of sp³-hybridized carbons (Fsp3) is 0.0741. The van der Waals surface area contributed by atoms with E-state index in [0.717, 1.165) is 28.0 Å². The Morgan fingerprint density at radius 3 is 2.49 bits per heavy atom. The average Bonchev–Trinajstić information content (AvgIpc) is 3.20. The van der Waals surface area contributed by atoms with Gasteiger partial charge in [0.25, 0.3) is 0 Å². The molecule has 8 heteroatoms. The maximum absolute atomic E-state index is 12.9. The molecule has 3 aromatic carbocycles. The number of fused-ring (bicyclic) bond motifs is 2. The van der Waals surface area contributed by atoms with Crippen molar-refractivity contribution in [2.45, 2.75) is 12.3 Å². The highest BCUT2D eigenvalue weighted by molar-refractivity contribution is 7.91. The molecule has 0 spiro atoms. The van der Waals surface area contributed by atoms with Gasteiger partial charge in [-0.15, -0.1) is 0 Å². The van der Waals surface area contributed by atoms with Gasteiger partial charge < -0.3 is 4.57 Å². The summed E-state index contributed by atoms with van der Waals surface area (Å²) in [6.07, 6.45) is 0.752. The van der Waals surface area contributed by atoms with Crippen LogP contribution in [0.3, 0.4) is 0 Å². The topological polar surface area (TPSA) is 105 Å². The van der Waals surface area contributed by atoms with Crippen molar-refractivity contribution in [3.63, 3.8) is 0 Å². The number of pyridine rings is 1. The molecule has 5 aromatic rings. The van der Waals surface area contributed by atoms with Crippen molar-refractivity contribution in [1.82, 2.24) is 9.55 Å². The first-order valence-corrected chi connectivity index (χ1v) is 12.5. The molecule has 7 nitrogen and oxygen atoms in total. The zero-order chi connectivity index (χ0) is 24.4. The smallest absolute Gasteiger partial charge is 0.236 e. The van der Waals surface area contributed by atoms with E-state index in [2.05, 4.69) is 9.71 Å². The lowest BCUT2D eigenvalue weighted by Gasteiger charge is -2.14. The molecular weight excluding hydrogens is 460 g/mol. The zero-order valence-electron chi connectivity index (χ0n) is 18.5. The number of anilines is 1. The van der Waals surface area contributed by atoms with Crippen molar-refractivity contribution in [2.24, 2.45) is 0 Å². The Balaban J connectivity index is 1.57. The van der Waals surface area contributed by atoms with Crippen LogP contribution in [0.4, 0.5) is 5.69 Å². The molecule has 2 aromatic heterocycles. The van der Waals surface area contributed by atoms with E-state index in [0.29, 0.717) is 22.6 Å². The van der Waals surface area contributed by atoms with E-state index < -0.39 is 10.0 Å². The number of carbonyl (C=O) groups excluding carboxylic acids is 1. The molecule has 5 rings (SSSR count). The molecule has 0 saturated carbocycles. The summed E-state index contributed by atoms with van der Waals surface area (Å²) in [5, 5.41) is 11.8. The van der Waals surface area contributed by atoms with E-state index in [1.807, 2.05) is 36.4 Å². The normalized spacial score (nSPS) is 11.4. The molecule has 0 atom stereocenters. The molecule has 0 bridgehead atoms. The fourth-order valence-electron chi connectivity index (χ4n) is 4.23. The van der Waals surface area contributed by atoms with E-state index in [-0.39, 0.29) is 18.0 Å². The molecule has 35 heavy (non-hydrogen) atoms. The largest absolute Gasteiger partial charge is 0.319 e. The van der Waals surface area contributed by atoms with Gasteiger partial charge >= 0.3 is 0 Å². The maximum atomic E-state index is 12.9. The highest BCUT2D eigenvalue weighted by Crippen LogP contribution is 2.28. The predicted octanol–water partition coefficient (Wildman–Crippen LogP) is 4.86. The number of carbonyl (C=O) groups is 1. The molecule has 0 unspecified atom stereocenters. The van der Waals surface area contributed by atoms with E-state index >= 15 is 0 Å². The Kier molecular flexibility index (Phi) is 5.77. The molecule has 0 saturated heterocycles. The minimum atomic E-state index is -3.65. The first-order chi connectivity index (χ1) is 17.0. The molecular formula is C27H20N4O3S. The van der Waals surface area contributed by atoms with Crippen molar-refractivity contribution in [3.8, 4) is 6.07 Å². The van der Waals surface area contributed by atoms with Gasteiger partial charge in [0.1, 0.15) is 17.4 Å². The molecule has 2 heterocycles. The summed E-state index contributed by atoms with van der Waals surface area (Å²) in [6, 6.07) is 27.3. The summed E-state index contributed by atoms with van der Waals surface area (Å²) in [5.74, 6) is -0.144. The van der Waals surface area contributed by atoms with Gasteiger partial charge in [-0.05, 0) is 52.2 Å². The molecule has 0 aliphatic rings. The van der Waals surface area contributed by atoms with Crippen LogP contribution in [0.15, 0.2) is 84.9 Å². The lowest BCUT2D eigenvalue weighted by molar-refractivity contribution is 0.111. The molecule has 0 amide bonds. The van der Waals surface area contributed by atoms with Gasteiger partial charge in [0.2, 0.25) is 10.0 Å². The molecule has 172 valence electrons. The van der Waals surface area contributed by atoms with Crippen LogP contribution in [0.1, 0.15) is 27.3 Å². The summed E-state index contributed by atoms with van der Waals surface area (Å²) in [6.45, 7) is 0.272. The molecule has 0 radical (unpaired) electrons. The summed E-state index contributed by atoms with van der Waals surface area (Å²) >= 11 is 0. The summed E-state index contributed by atoms with van der Waals surface area (Å²) in [5.41, 5.74) is 3.12. The number of nitriles is 1. The fourth-order valence-corrected chi connectivity index (χ4v) is 5.41. The predicted molar refractivity (Wildman–Crippen MR) is 136 cm³/mol. The van der Waals surface area contributed by atoms with E-state index in [9.17, 15) is 18.5 Å². The zero-order valence-corrected chi connectivity index (χ0v) is 19.4. The van der Waals surface area contributed by atoms with Crippen molar-refractivity contribution in [2.75, 3.05) is 4.72 Å². The highest BCUT2D eigenvalue weighted by Gasteiger charge is 2.16. The Bertz CT molecular complexity index is 1720. The lowest BCUT2D eigenvalue weighted by atomic mass is 10.0. The van der Waals surface area contributed by atoms with Gasteiger partial charge in [0.05, 0.1) is 18.0 Å². The van der Waals surface area contributed by atoms with Gasteiger partial charge in [-0.1, -0.05) is 54.6 Å². The van der Waals surface area contributed by atoms with Gasteiger partial charge in [-0.2, -0.15) is 5.26 Å². The third-order valence-corrected chi connectivity index (χ3v) is 7.02. The minimum absolute atomic E-state index is 0.144. The van der Waals surface area contributed by atoms with Crippen molar-refractivity contribution >= 4 is 43.8 Å².